The van der Waals surface area contributed by atoms with Crippen molar-refractivity contribution in [3.05, 3.63) is 0 Å². The molecule has 5 heteroatoms. The van der Waals surface area contributed by atoms with E-state index in [1.807, 2.05) is 13.8 Å². The van der Waals surface area contributed by atoms with E-state index in [0.29, 0.717) is 13.2 Å². The molecule has 0 aromatic rings. The minimum absolute atomic E-state index is 0.220. The van der Waals surface area contributed by atoms with Gasteiger partial charge in [-0.15, -0.1) is 11.8 Å². The molecule has 0 amide bonds. The van der Waals surface area contributed by atoms with Crippen molar-refractivity contribution in [2.75, 3.05) is 13.2 Å². The first-order chi connectivity index (χ1) is 18.0. The van der Waals surface area contributed by atoms with Gasteiger partial charge >= 0.3 is 11.9 Å². The summed E-state index contributed by atoms with van der Waals surface area (Å²) in [5.74, 6) is -0.441. The second-order valence-corrected chi connectivity index (χ2v) is 12.5. The predicted molar refractivity (Wildman–Crippen MR) is 161 cm³/mol. The molecule has 0 radical (unpaired) electrons. The molecule has 37 heavy (non-hydrogen) atoms. The maximum atomic E-state index is 12.3. The third kappa shape index (κ3) is 25.3. The summed E-state index contributed by atoms with van der Waals surface area (Å²) >= 11 is 1.34. The molecule has 0 saturated carbocycles. The van der Waals surface area contributed by atoms with E-state index in [-0.39, 0.29) is 22.4 Å². The van der Waals surface area contributed by atoms with E-state index in [1.54, 1.807) is 0 Å². The number of ether oxygens (including phenoxy) is 2. The van der Waals surface area contributed by atoms with Crippen molar-refractivity contribution in [1.82, 2.24) is 0 Å². The van der Waals surface area contributed by atoms with Crippen LogP contribution in [0.4, 0.5) is 0 Å². The number of rotatable bonds is 28. The Balaban J connectivity index is 3.58. The average Bonchev–Trinajstić information content (AvgIpc) is 2.89. The molecule has 0 saturated heterocycles. The van der Waals surface area contributed by atoms with Crippen molar-refractivity contribution in [1.29, 1.82) is 0 Å². The zero-order valence-corrected chi connectivity index (χ0v) is 26.0. The molecule has 0 rings (SSSR count). The molecule has 2 atom stereocenters. The Hall–Kier alpha value is -0.710. The fourth-order valence-electron chi connectivity index (χ4n) is 4.53. The fraction of sp³-hybridized carbons (Fsp3) is 0.938. The van der Waals surface area contributed by atoms with E-state index in [4.69, 9.17) is 9.47 Å². The van der Waals surface area contributed by atoms with E-state index in [2.05, 4.69) is 13.8 Å². The molecule has 0 bridgehead atoms. The Morgan fingerprint density at radius 1 is 0.459 bits per heavy atom. The fourth-order valence-corrected chi connectivity index (χ4v) is 5.50. The summed E-state index contributed by atoms with van der Waals surface area (Å²) in [6, 6.07) is 0. The van der Waals surface area contributed by atoms with Crippen molar-refractivity contribution >= 4 is 23.7 Å². The minimum atomic E-state index is -0.350. The molecular formula is C32H62O4S. The molecule has 0 heterocycles. The summed E-state index contributed by atoms with van der Waals surface area (Å²) in [6.45, 7) is 9.13. The van der Waals surface area contributed by atoms with Gasteiger partial charge in [0.2, 0.25) is 0 Å². The predicted octanol–water partition coefficient (Wildman–Crippen LogP) is 10.2. The monoisotopic (exact) mass is 542 g/mol. The second kappa shape index (κ2) is 28.3. The Morgan fingerprint density at radius 2 is 0.703 bits per heavy atom. The van der Waals surface area contributed by atoms with Gasteiger partial charge in [-0.3, -0.25) is 9.59 Å². The third-order valence-corrected chi connectivity index (χ3v) is 8.26. The third-order valence-electron chi connectivity index (χ3n) is 7.06. The van der Waals surface area contributed by atoms with Gasteiger partial charge in [-0.1, -0.05) is 142 Å². The van der Waals surface area contributed by atoms with Gasteiger partial charge in [0.25, 0.3) is 0 Å². The molecule has 0 aromatic heterocycles. The summed E-state index contributed by atoms with van der Waals surface area (Å²) in [5, 5.41) is -0.700. The molecule has 0 aromatic carbocycles. The zero-order chi connectivity index (χ0) is 27.4. The van der Waals surface area contributed by atoms with E-state index < -0.39 is 0 Å². The lowest BCUT2D eigenvalue weighted by Gasteiger charge is -2.16. The number of thioether (sulfide) groups is 1. The average molecular weight is 543 g/mol. The van der Waals surface area contributed by atoms with Crippen molar-refractivity contribution in [2.24, 2.45) is 0 Å². The first-order valence-corrected chi connectivity index (χ1v) is 17.0. The van der Waals surface area contributed by atoms with Crippen LogP contribution in [-0.2, 0) is 19.1 Å². The van der Waals surface area contributed by atoms with Gasteiger partial charge in [-0.25, -0.2) is 0 Å². The van der Waals surface area contributed by atoms with E-state index in [0.717, 1.165) is 25.7 Å². The van der Waals surface area contributed by atoms with Crippen LogP contribution in [0, 0.1) is 0 Å². The second-order valence-electron chi connectivity index (χ2n) is 10.8. The van der Waals surface area contributed by atoms with E-state index in [9.17, 15) is 9.59 Å². The van der Waals surface area contributed by atoms with Crippen LogP contribution in [0.15, 0.2) is 0 Å². The van der Waals surface area contributed by atoms with Crippen LogP contribution >= 0.6 is 11.8 Å². The van der Waals surface area contributed by atoms with Gasteiger partial charge in [-0.05, 0) is 26.7 Å². The summed E-state index contributed by atoms with van der Waals surface area (Å²) in [4.78, 5) is 24.5. The molecule has 0 fully saturated rings. The first kappa shape index (κ1) is 36.3. The number of carbonyl (C=O) groups excluding carboxylic acids is 2. The molecule has 0 spiro atoms. The molecule has 0 aliphatic rings. The number of esters is 2. The van der Waals surface area contributed by atoms with Crippen LogP contribution in [0.1, 0.15) is 169 Å². The quantitative estimate of drug-likeness (QED) is 0.0727. The Labute approximate surface area is 235 Å². The van der Waals surface area contributed by atoms with E-state index in [1.165, 1.54) is 127 Å². The molecule has 0 aliphatic heterocycles. The standard InChI is InChI=1S/C32H62O4S/c1-5-7-9-11-13-15-17-19-21-23-25-27-35-31(33)29(3)37-30(4)32(34)36-28-26-24-22-20-18-16-14-12-10-8-6-2/h29-30H,5-28H2,1-4H3. The van der Waals surface area contributed by atoms with Gasteiger partial charge in [0.15, 0.2) is 0 Å². The first-order valence-electron chi connectivity index (χ1n) is 16.0. The Kier molecular flexibility index (Phi) is 27.8. The maximum absolute atomic E-state index is 12.3. The Bertz CT molecular complexity index is 467. The van der Waals surface area contributed by atoms with Gasteiger partial charge in [0, 0.05) is 0 Å². The molecule has 4 nitrogen and oxygen atoms in total. The highest BCUT2D eigenvalue weighted by Crippen LogP contribution is 2.20. The van der Waals surface area contributed by atoms with Crippen molar-refractivity contribution in [3.63, 3.8) is 0 Å². The molecule has 0 N–H and O–H groups in total. The maximum Gasteiger partial charge on any atom is 0.318 e. The zero-order valence-electron chi connectivity index (χ0n) is 25.2. The summed E-state index contributed by atoms with van der Waals surface area (Å²) < 4.78 is 10.9. The van der Waals surface area contributed by atoms with Crippen LogP contribution < -0.4 is 0 Å². The highest BCUT2D eigenvalue weighted by molar-refractivity contribution is 8.01. The molecule has 0 aliphatic carbocycles. The summed E-state index contributed by atoms with van der Waals surface area (Å²) in [6.07, 6.45) is 28.1. The minimum Gasteiger partial charge on any atom is -0.465 e. The van der Waals surface area contributed by atoms with Gasteiger partial charge in [0.05, 0.1) is 13.2 Å². The van der Waals surface area contributed by atoms with E-state index >= 15 is 0 Å². The highest BCUT2D eigenvalue weighted by atomic mass is 32.2. The van der Waals surface area contributed by atoms with Crippen molar-refractivity contribution < 1.29 is 19.1 Å². The van der Waals surface area contributed by atoms with Crippen LogP contribution in [0.25, 0.3) is 0 Å². The number of hydrogen-bond acceptors (Lipinski definition) is 5. The lowest BCUT2D eigenvalue weighted by Crippen LogP contribution is -2.25. The van der Waals surface area contributed by atoms with Crippen LogP contribution in [0.2, 0.25) is 0 Å². The van der Waals surface area contributed by atoms with Crippen LogP contribution in [-0.4, -0.2) is 35.7 Å². The smallest absolute Gasteiger partial charge is 0.318 e. The molecule has 220 valence electrons. The lowest BCUT2D eigenvalue weighted by molar-refractivity contribution is -0.142. The topological polar surface area (TPSA) is 52.6 Å². The van der Waals surface area contributed by atoms with Crippen molar-refractivity contribution in [3.8, 4) is 0 Å². The van der Waals surface area contributed by atoms with Crippen LogP contribution in [0.3, 0.4) is 0 Å². The normalized spacial score (nSPS) is 12.9. The molecule has 2 unspecified atom stereocenters. The molecular weight excluding hydrogens is 480 g/mol. The SMILES string of the molecule is CCCCCCCCCCCCCOC(=O)C(C)SC(C)C(=O)OCCCCCCCCCCCCC. The van der Waals surface area contributed by atoms with Gasteiger partial charge < -0.3 is 9.47 Å². The summed E-state index contributed by atoms with van der Waals surface area (Å²) in [7, 11) is 0. The number of carbonyl (C=O) groups is 2. The Morgan fingerprint density at radius 3 is 0.973 bits per heavy atom. The van der Waals surface area contributed by atoms with Crippen molar-refractivity contribution in [2.45, 2.75) is 179 Å². The highest BCUT2D eigenvalue weighted by Gasteiger charge is 2.23. The summed E-state index contributed by atoms with van der Waals surface area (Å²) in [5.41, 5.74) is 0. The number of unbranched alkanes of at least 4 members (excludes halogenated alkanes) is 20. The largest absolute Gasteiger partial charge is 0.465 e. The van der Waals surface area contributed by atoms with Gasteiger partial charge in [0.1, 0.15) is 10.5 Å². The van der Waals surface area contributed by atoms with Gasteiger partial charge in [-0.2, -0.15) is 0 Å². The van der Waals surface area contributed by atoms with Crippen LogP contribution in [0.5, 0.6) is 0 Å². The number of hydrogen-bond donors (Lipinski definition) is 0. The lowest BCUT2D eigenvalue weighted by atomic mass is 10.1.